The Labute approximate surface area is 108 Å². The van der Waals surface area contributed by atoms with Crippen LogP contribution in [0.1, 0.15) is 12.5 Å². The lowest BCUT2D eigenvalue weighted by Crippen LogP contribution is -2.02. The molecule has 0 radical (unpaired) electrons. The maximum absolute atomic E-state index is 5.79. The van der Waals surface area contributed by atoms with Gasteiger partial charge in [-0.25, -0.2) is 19.9 Å². The molecule has 8 heteroatoms. The Balaban J connectivity index is 2.36. The number of hydrogen-bond donors (Lipinski definition) is 3. The molecule has 0 aliphatic carbocycles. The lowest BCUT2D eigenvalue weighted by Gasteiger charge is -2.07. The van der Waals surface area contributed by atoms with Crippen molar-refractivity contribution in [3.63, 3.8) is 0 Å². The molecule has 0 bridgehead atoms. The van der Waals surface area contributed by atoms with Gasteiger partial charge in [0.25, 0.3) is 0 Å². The second-order valence-corrected chi connectivity index (χ2v) is 4.45. The molecule has 7 nitrogen and oxygen atoms in total. The predicted octanol–water partition coefficient (Wildman–Crippen LogP) is 0.727. The van der Waals surface area contributed by atoms with E-state index in [0.29, 0.717) is 22.6 Å². The number of hydrogen-bond acceptors (Lipinski definition) is 8. The van der Waals surface area contributed by atoms with Crippen LogP contribution in [-0.4, -0.2) is 19.9 Å². The van der Waals surface area contributed by atoms with Gasteiger partial charge >= 0.3 is 0 Å². The maximum atomic E-state index is 5.79. The number of rotatable bonds is 3. The SMILES string of the molecule is CCc1c(N)ncnc1Sc1nc(N)cc(N)n1. The Morgan fingerprint density at radius 3 is 2.39 bits per heavy atom. The quantitative estimate of drug-likeness (QED) is 0.545. The standard InChI is InChI=1S/C10H13N7S/c1-2-5-8(13)14-4-15-9(5)18-10-16-6(11)3-7(12)17-10/h3-4H,2H2,1H3,(H2,13,14,15)(H4,11,12,16,17). The lowest BCUT2D eigenvalue weighted by atomic mass is 10.2. The van der Waals surface area contributed by atoms with Crippen LogP contribution in [0.15, 0.2) is 22.6 Å². The molecule has 2 aromatic rings. The van der Waals surface area contributed by atoms with Gasteiger partial charge in [-0.1, -0.05) is 6.92 Å². The van der Waals surface area contributed by atoms with Crippen LogP contribution in [0.2, 0.25) is 0 Å². The molecular weight excluding hydrogens is 250 g/mol. The van der Waals surface area contributed by atoms with Crippen molar-refractivity contribution in [3.05, 3.63) is 18.0 Å². The molecule has 2 rings (SSSR count). The summed E-state index contributed by atoms with van der Waals surface area (Å²) in [6.45, 7) is 1.98. The van der Waals surface area contributed by atoms with Gasteiger partial charge in [0.05, 0.1) is 0 Å². The fourth-order valence-corrected chi connectivity index (χ4v) is 2.37. The Morgan fingerprint density at radius 2 is 1.78 bits per heavy atom. The first-order valence-corrected chi connectivity index (χ1v) is 6.09. The van der Waals surface area contributed by atoms with Crippen LogP contribution < -0.4 is 17.2 Å². The summed E-state index contributed by atoms with van der Waals surface area (Å²) in [5, 5.41) is 1.16. The molecule has 0 amide bonds. The number of nitrogen functional groups attached to an aromatic ring is 3. The molecule has 2 heterocycles. The van der Waals surface area contributed by atoms with E-state index in [1.165, 1.54) is 24.2 Å². The Hall–Kier alpha value is -2.09. The first-order chi connectivity index (χ1) is 8.60. The van der Waals surface area contributed by atoms with E-state index in [9.17, 15) is 0 Å². The second-order valence-electron chi connectivity index (χ2n) is 3.50. The van der Waals surface area contributed by atoms with Crippen molar-refractivity contribution in [1.82, 2.24) is 19.9 Å². The second kappa shape index (κ2) is 5.05. The summed E-state index contributed by atoms with van der Waals surface area (Å²) in [7, 11) is 0. The van der Waals surface area contributed by atoms with E-state index in [1.54, 1.807) is 0 Å². The molecule has 2 aromatic heterocycles. The minimum atomic E-state index is 0.324. The van der Waals surface area contributed by atoms with E-state index >= 15 is 0 Å². The number of nitrogens with zero attached hydrogens (tertiary/aromatic N) is 4. The maximum Gasteiger partial charge on any atom is 0.197 e. The highest BCUT2D eigenvalue weighted by Crippen LogP contribution is 2.29. The van der Waals surface area contributed by atoms with Crippen LogP contribution in [0.5, 0.6) is 0 Å². The largest absolute Gasteiger partial charge is 0.383 e. The number of anilines is 3. The van der Waals surface area contributed by atoms with Gasteiger partial charge in [0.1, 0.15) is 28.8 Å². The van der Waals surface area contributed by atoms with Gasteiger partial charge in [-0.2, -0.15) is 0 Å². The highest BCUT2D eigenvalue weighted by Gasteiger charge is 2.11. The van der Waals surface area contributed by atoms with Crippen LogP contribution in [0.25, 0.3) is 0 Å². The minimum absolute atomic E-state index is 0.324. The summed E-state index contributed by atoms with van der Waals surface area (Å²) in [5.41, 5.74) is 17.9. The Morgan fingerprint density at radius 1 is 1.11 bits per heavy atom. The van der Waals surface area contributed by atoms with Crippen molar-refractivity contribution in [2.45, 2.75) is 23.5 Å². The smallest absolute Gasteiger partial charge is 0.197 e. The van der Waals surface area contributed by atoms with Crippen LogP contribution in [0, 0.1) is 0 Å². The van der Waals surface area contributed by atoms with E-state index in [4.69, 9.17) is 17.2 Å². The predicted molar refractivity (Wildman–Crippen MR) is 70.8 cm³/mol. The van der Waals surface area contributed by atoms with E-state index in [0.717, 1.165) is 17.0 Å². The third-order valence-electron chi connectivity index (χ3n) is 2.23. The summed E-state index contributed by atoms with van der Waals surface area (Å²) in [5.74, 6) is 1.11. The van der Waals surface area contributed by atoms with Crippen LogP contribution in [0.4, 0.5) is 17.5 Å². The molecule has 0 atom stereocenters. The summed E-state index contributed by atoms with van der Waals surface area (Å²) < 4.78 is 0. The number of nitrogens with two attached hydrogens (primary N) is 3. The van der Waals surface area contributed by atoms with Gasteiger partial charge < -0.3 is 17.2 Å². The van der Waals surface area contributed by atoms with Crippen LogP contribution in [0.3, 0.4) is 0 Å². The van der Waals surface area contributed by atoms with Crippen molar-refractivity contribution in [1.29, 1.82) is 0 Å². The Bertz CT molecular complexity index is 552. The normalized spacial score (nSPS) is 10.5. The van der Waals surface area contributed by atoms with Gasteiger partial charge in [-0.3, -0.25) is 0 Å². The van der Waals surface area contributed by atoms with E-state index in [2.05, 4.69) is 19.9 Å². The minimum Gasteiger partial charge on any atom is -0.383 e. The zero-order chi connectivity index (χ0) is 13.1. The topological polar surface area (TPSA) is 130 Å². The van der Waals surface area contributed by atoms with Gasteiger partial charge in [0, 0.05) is 11.6 Å². The van der Waals surface area contributed by atoms with Crippen LogP contribution >= 0.6 is 11.8 Å². The number of aromatic nitrogens is 4. The van der Waals surface area contributed by atoms with Crippen molar-refractivity contribution in [3.8, 4) is 0 Å². The van der Waals surface area contributed by atoms with Crippen molar-refractivity contribution < 1.29 is 0 Å². The third-order valence-corrected chi connectivity index (χ3v) is 3.14. The molecule has 18 heavy (non-hydrogen) atoms. The Kier molecular flexibility index (Phi) is 3.47. The fourth-order valence-electron chi connectivity index (χ4n) is 1.42. The molecule has 0 unspecified atom stereocenters. The molecule has 0 fully saturated rings. The highest BCUT2D eigenvalue weighted by molar-refractivity contribution is 7.99. The van der Waals surface area contributed by atoms with E-state index in [-0.39, 0.29) is 0 Å². The molecule has 0 saturated carbocycles. The first kappa shape index (κ1) is 12.4. The van der Waals surface area contributed by atoms with Gasteiger partial charge in [-0.05, 0) is 18.2 Å². The summed E-state index contributed by atoms with van der Waals surface area (Å²) >= 11 is 1.27. The van der Waals surface area contributed by atoms with Gasteiger partial charge in [0.15, 0.2) is 5.16 Å². The van der Waals surface area contributed by atoms with Crippen molar-refractivity contribution in [2.75, 3.05) is 17.2 Å². The fraction of sp³-hybridized carbons (Fsp3) is 0.200. The first-order valence-electron chi connectivity index (χ1n) is 5.27. The molecule has 0 saturated heterocycles. The average Bonchev–Trinajstić information content (AvgIpc) is 2.27. The zero-order valence-electron chi connectivity index (χ0n) is 9.79. The van der Waals surface area contributed by atoms with Gasteiger partial charge in [0.2, 0.25) is 0 Å². The van der Waals surface area contributed by atoms with Gasteiger partial charge in [-0.15, -0.1) is 0 Å². The van der Waals surface area contributed by atoms with Crippen molar-refractivity contribution in [2.24, 2.45) is 0 Å². The zero-order valence-corrected chi connectivity index (χ0v) is 10.6. The molecule has 6 N–H and O–H groups in total. The summed E-state index contributed by atoms with van der Waals surface area (Å²) in [6, 6.07) is 1.50. The summed E-state index contributed by atoms with van der Waals surface area (Å²) in [4.78, 5) is 16.3. The van der Waals surface area contributed by atoms with E-state index in [1.807, 2.05) is 6.92 Å². The highest BCUT2D eigenvalue weighted by atomic mass is 32.2. The third kappa shape index (κ3) is 2.59. The average molecular weight is 263 g/mol. The van der Waals surface area contributed by atoms with E-state index < -0.39 is 0 Å². The van der Waals surface area contributed by atoms with Crippen molar-refractivity contribution >= 4 is 29.2 Å². The molecule has 0 aromatic carbocycles. The molecule has 0 aliphatic rings. The molecular formula is C10H13N7S. The monoisotopic (exact) mass is 263 g/mol. The molecule has 0 aliphatic heterocycles. The summed E-state index contributed by atoms with van der Waals surface area (Å²) in [6.07, 6.45) is 2.14. The lowest BCUT2D eigenvalue weighted by molar-refractivity contribution is 0.933. The molecule has 0 spiro atoms. The molecule has 94 valence electrons. The van der Waals surface area contributed by atoms with Crippen LogP contribution in [-0.2, 0) is 6.42 Å².